The van der Waals surface area contributed by atoms with E-state index in [2.05, 4.69) is 17.6 Å². The lowest BCUT2D eigenvalue weighted by atomic mass is 10.1. The Morgan fingerprint density at radius 3 is 2.84 bits per heavy atom. The highest BCUT2D eigenvalue weighted by molar-refractivity contribution is 5.92. The van der Waals surface area contributed by atoms with Crippen molar-refractivity contribution in [3.05, 3.63) is 24.3 Å². The minimum absolute atomic E-state index is 0.0218. The normalized spacial score (nSPS) is 11.9. The summed E-state index contributed by atoms with van der Waals surface area (Å²) in [6, 6.07) is 7.51. The largest absolute Gasteiger partial charge is 0.494 e. The van der Waals surface area contributed by atoms with E-state index in [-0.39, 0.29) is 11.8 Å². The molecule has 1 amide bonds. The van der Waals surface area contributed by atoms with Crippen LogP contribution in [0, 0.1) is 5.92 Å². The Bertz CT molecular complexity index is 393. The van der Waals surface area contributed by atoms with Crippen LogP contribution in [0.2, 0.25) is 0 Å². The molecule has 0 heterocycles. The third-order valence-corrected chi connectivity index (χ3v) is 2.72. The molecule has 0 aliphatic rings. The van der Waals surface area contributed by atoms with Crippen LogP contribution in [0.25, 0.3) is 0 Å². The first kappa shape index (κ1) is 15.5. The third kappa shape index (κ3) is 5.75. The third-order valence-electron chi connectivity index (χ3n) is 2.72. The fraction of sp³-hybridized carbons (Fsp3) is 0.533. The predicted octanol–water partition coefficient (Wildman–Crippen LogP) is 2.66. The summed E-state index contributed by atoms with van der Waals surface area (Å²) in [5.41, 5.74) is 0.780. The van der Waals surface area contributed by atoms with Crippen LogP contribution in [0.5, 0.6) is 5.75 Å². The second kappa shape index (κ2) is 8.53. The molecule has 0 saturated heterocycles. The summed E-state index contributed by atoms with van der Waals surface area (Å²) >= 11 is 0. The molecule has 0 aromatic heterocycles. The van der Waals surface area contributed by atoms with Gasteiger partial charge in [0.1, 0.15) is 5.75 Å². The van der Waals surface area contributed by atoms with E-state index >= 15 is 0 Å². The van der Waals surface area contributed by atoms with Gasteiger partial charge in [-0.1, -0.05) is 26.8 Å². The van der Waals surface area contributed by atoms with Gasteiger partial charge in [-0.15, -0.1) is 0 Å². The van der Waals surface area contributed by atoms with E-state index in [1.807, 2.05) is 38.1 Å². The van der Waals surface area contributed by atoms with Crippen LogP contribution >= 0.6 is 0 Å². The van der Waals surface area contributed by atoms with Crippen LogP contribution in [0.4, 0.5) is 5.69 Å². The minimum atomic E-state index is -0.0554. The summed E-state index contributed by atoms with van der Waals surface area (Å²) < 4.78 is 5.54. The maximum atomic E-state index is 12.0. The Balaban J connectivity index is 2.53. The van der Waals surface area contributed by atoms with Crippen LogP contribution in [-0.4, -0.2) is 25.6 Å². The molecule has 1 aromatic carbocycles. The van der Waals surface area contributed by atoms with Gasteiger partial charge >= 0.3 is 0 Å². The highest BCUT2D eigenvalue weighted by atomic mass is 16.5. The highest BCUT2D eigenvalue weighted by Gasteiger charge is 2.12. The quantitative estimate of drug-likeness (QED) is 0.759. The first-order valence-electron chi connectivity index (χ1n) is 6.91. The summed E-state index contributed by atoms with van der Waals surface area (Å²) in [7, 11) is 0. The fourth-order valence-corrected chi connectivity index (χ4v) is 1.60. The number of carbonyl (C=O) groups is 1. The number of anilines is 1. The molecule has 106 valence electrons. The molecule has 0 fully saturated rings. The Labute approximate surface area is 115 Å². The summed E-state index contributed by atoms with van der Waals surface area (Å²) in [5, 5.41) is 6.08. The van der Waals surface area contributed by atoms with Crippen molar-refractivity contribution in [3.8, 4) is 5.75 Å². The zero-order valence-electron chi connectivity index (χ0n) is 12.0. The molecule has 19 heavy (non-hydrogen) atoms. The second-order valence-corrected chi connectivity index (χ2v) is 4.57. The van der Waals surface area contributed by atoms with E-state index in [0.29, 0.717) is 13.2 Å². The van der Waals surface area contributed by atoms with Crippen LogP contribution in [0.15, 0.2) is 24.3 Å². The monoisotopic (exact) mass is 264 g/mol. The van der Waals surface area contributed by atoms with Crippen molar-refractivity contribution < 1.29 is 9.53 Å². The van der Waals surface area contributed by atoms with Crippen LogP contribution < -0.4 is 15.4 Å². The number of amides is 1. The van der Waals surface area contributed by atoms with Crippen molar-refractivity contribution in [3.63, 3.8) is 0 Å². The van der Waals surface area contributed by atoms with E-state index in [1.165, 1.54) is 0 Å². The van der Waals surface area contributed by atoms with Crippen molar-refractivity contribution in [2.75, 3.05) is 25.0 Å². The van der Waals surface area contributed by atoms with Gasteiger partial charge < -0.3 is 15.4 Å². The van der Waals surface area contributed by atoms with Crippen molar-refractivity contribution >= 4 is 11.6 Å². The molecule has 0 spiro atoms. The highest BCUT2D eigenvalue weighted by Crippen LogP contribution is 2.18. The molecule has 0 bridgehead atoms. The summed E-state index contributed by atoms with van der Waals surface area (Å²) in [6.45, 7) is 8.25. The molecule has 1 rings (SSSR count). The number of ether oxygens (including phenoxy) is 1. The van der Waals surface area contributed by atoms with Crippen molar-refractivity contribution in [2.45, 2.75) is 27.2 Å². The molecule has 4 nitrogen and oxygen atoms in total. The predicted molar refractivity (Wildman–Crippen MR) is 78.6 cm³/mol. The molecule has 1 atom stereocenters. The maximum absolute atomic E-state index is 12.0. The van der Waals surface area contributed by atoms with Crippen molar-refractivity contribution in [1.29, 1.82) is 0 Å². The zero-order chi connectivity index (χ0) is 14.1. The zero-order valence-corrected chi connectivity index (χ0v) is 12.0. The standard InChI is InChI=1S/C15H24N2O2/c1-4-9-19-14-8-6-7-13(10-14)17-15(18)12(3)11-16-5-2/h6-8,10,12,16H,4-5,9,11H2,1-3H3,(H,17,18). The number of rotatable bonds is 8. The lowest BCUT2D eigenvalue weighted by Crippen LogP contribution is -2.30. The lowest BCUT2D eigenvalue weighted by molar-refractivity contribution is -0.119. The fourth-order valence-electron chi connectivity index (χ4n) is 1.60. The molecule has 1 unspecified atom stereocenters. The van der Waals surface area contributed by atoms with Crippen LogP contribution in [0.3, 0.4) is 0 Å². The molecule has 0 saturated carbocycles. The second-order valence-electron chi connectivity index (χ2n) is 4.57. The molecule has 0 aliphatic heterocycles. The number of benzene rings is 1. The van der Waals surface area contributed by atoms with Gasteiger partial charge in [0.25, 0.3) is 0 Å². The number of hydrogen-bond acceptors (Lipinski definition) is 3. The van der Waals surface area contributed by atoms with Gasteiger partial charge in [0.2, 0.25) is 5.91 Å². The Morgan fingerprint density at radius 2 is 2.16 bits per heavy atom. The van der Waals surface area contributed by atoms with Crippen molar-refractivity contribution in [2.24, 2.45) is 5.92 Å². The molecule has 1 aromatic rings. The summed E-state index contributed by atoms with van der Waals surface area (Å²) in [4.78, 5) is 12.0. The topological polar surface area (TPSA) is 50.4 Å². The summed E-state index contributed by atoms with van der Waals surface area (Å²) in [5.74, 6) is 0.757. The average Bonchev–Trinajstić information content (AvgIpc) is 2.42. The maximum Gasteiger partial charge on any atom is 0.228 e. The molecule has 2 N–H and O–H groups in total. The van der Waals surface area contributed by atoms with Gasteiger partial charge in [0.15, 0.2) is 0 Å². The van der Waals surface area contributed by atoms with E-state index in [4.69, 9.17) is 4.74 Å². The first-order chi connectivity index (χ1) is 9.17. The number of hydrogen-bond donors (Lipinski definition) is 2. The van der Waals surface area contributed by atoms with Gasteiger partial charge in [0, 0.05) is 24.2 Å². The summed E-state index contributed by atoms with van der Waals surface area (Å²) in [6.07, 6.45) is 0.969. The minimum Gasteiger partial charge on any atom is -0.494 e. The van der Waals surface area contributed by atoms with Gasteiger partial charge in [-0.05, 0) is 25.1 Å². The molecular weight excluding hydrogens is 240 g/mol. The van der Waals surface area contributed by atoms with Gasteiger partial charge in [-0.3, -0.25) is 4.79 Å². The van der Waals surface area contributed by atoms with E-state index in [1.54, 1.807) is 0 Å². The lowest BCUT2D eigenvalue weighted by Gasteiger charge is -2.13. The van der Waals surface area contributed by atoms with E-state index in [9.17, 15) is 4.79 Å². The average molecular weight is 264 g/mol. The number of carbonyl (C=O) groups excluding carboxylic acids is 1. The molecule has 0 radical (unpaired) electrons. The Hall–Kier alpha value is -1.55. The SMILES string of the molecule is CCCOc1cccc(NC(=O)C(C)CNCC)c1. The molecular formula is C15H24N2O2. The van der Waals surface area contributed by atoms with Crippen molar-refractivity contribution in [1.82, 2.24) is 5.32 Å². The van der Waals surface area contributed by atoms with Gasteiger partial charge in [-0.2, -0.15) is 0 Å². The molecule has 0 aliphatic carbocycles. The van der Waals surface area contributed by atoms with Crippen LogP contribution in [-0.2, 0) is 4.79 Å². The Kier molecular flexibility index (Phi) is 6.97. The van der Waals surface area contributed by atoms with Gasteiger partial charge in [0.05, 0.1) is 6.61 Å². The van der Waals surface area contributed by atoms with Gasteiger partial charge in [-0.25, -0.2) is 0 Å². The first-order valence-corrected chi connectivity index (χ1v) is 6.91. The Morgan fingerprint density at radius 1 is 1.37 bits per heavy atom. The number of nitrogens with one attached hydrogen (secondary N) is 2. The smallest absolute Gasteiger partial charge is 0.228 e. The van der Waals surface area contributed by atoms with E-state index < -0.39 is 0 Å². The van der Waals surface area contributed by atoms with E-state index in [0.717, 1.165) is 24.4 Å². The molecule has 4 heteroatoms. The van der Waals surface area contributed by atoms with Crippen LogP contribution in [0.1, 0.15) is 27.2 Å².